The molecule has 0 amide bonds. The molecule has 1 aliphatic heterocycles. The van der Waals surface area contributed by atoms with Crippen LogP contribution in [0.5, 0.6) is 0 Å². The Morgan fingerprint density at radius 3 is 2.55 bits per heavy atom. The number of aliphatic imine (C=N–C) groups is 1. The quantitative estimate of drug-likeness (QED) is 0.427. The molecular weight excluding hydrogens is 433 g/mol. The maximum absolute atomic E-state index is 6.07. The van der Waals surface area contributed by atoms with E-state index in [-0.39, 0.29) is 24.0 Å². The van der Waals surface area contributed by atoms with Crippen molar-refractivity contribution < 1.29 is 4.74 Å². The molecule has 2 aliphatic rings. The number of rotatable bonds is 2. The van der Waals surface area contributed by atoms with Gasteiger partial charge in [-0.2, -0.15) is 0 Å². The lowest BCUT2D eigenvalue weighted by molar-refractivity contribution is 0.0674. The van der Waals surface area contributed by atoms with Gasteiger partial charge in [0.2, 0.25) is 0 Å². The van der Waals surface area contributed by atoms with Gasteiger partial charge in [-0.05, 0) is 24.1 Å². The molecule has 110 valence electrons. The Hall–Kier alpha value is -0.340. The fraction of sp³-hybridized carbons (Fsp3) is 0.500. The number of morpholine rings is 1. The van der Waals surface area contributed by atoms with Crippen LogP contribution in [-0.2, 0) is 4.74 Å². The Morgan fingerprint density at radius 1 is 1.25 bits per heavy atom. The van der Waals surface area contributed by atoms with Gasteiger partial charge in [-0.25, -0.2) is 4.99 Å². The first-order chi connectivity index (χ1) is 9.24. The van der Waals surface area contributed by atoms with Gasteiger partial charge in [0.25, 0.3) is 0 Å². The predicted octanol–water partition coefficient (Wildman–Crippen LogP) is 2.57. The highest BCUT2D eigenvalue weighted by molar-refractivity contribution is 14.0. The van der Waals surface area contributed by atoms with Crippen LogP contribution in [-0.4, -0.2) is 43.2 Å². The Kier molecular flexibility index (Phi) is 5.68. The summed E-state index contributed by atoms with van der Waals surface area (Å²) in [6, 6.07) is 8.84. The second-order valence-electron chi connectivity index (χ2n) is 5.05. The van der Waals surface area contributed by atoms with E-state index in [1.165, 1.54) is 5.56 Å². The van der Waals surface area contributed by atoms with Crippen molar-refractivity contribution in [2.24, 2.45) is 10.7 Å². The van der Waals surface area contributed by atoms with E-state index in [2.05, 4.69) is 50.1 Å². The Balaban J connectivity index is 0.00000147. The van der Waals surface area contributed by atoms with Gasteiger partial charge < -0.3 is 15.4 Å². The smallest absolute Gasteiger partial charge is 0.191 e. The zero-order valence-electron chi connectivity index (χ0n) is 11.2. The molecule has 0 aromatic heterocycles. The number of halogens is 2. The maximum atomic E-state index is 6.07. The summed E-state index contributed by atoms with van der Waals surface area (Å²) in [5.74, 6) is 1.21. The number of guanidine groups is 1. The van der Waals surface area contributed by atoms with Crippen LogP contribution in [0.2, 0.25) is 0 Å². The van der Waals surface area contributed by atoms with Gasteiger partial charge in [-0.3, -0.25) is 0 Å². The van der Waals surface area contributed by atoms with Crippen LogP contribution in [0.1, 0.15) is 17.9 Å². The second kappa shape index (κ2) is 7.09. The fourth-order valence-electron chi connectivity index (χ4n) is 2.44. The minimum Gasteiger partial charge on any atom is -0.378 e. The number of ether oxygens (including phenoxy) is 1. The molecule has 1 aromatic carbocycles. The highest BCUT2D eigenvalue weighted by Crippen LogP contribution is 2.43. The van der Waals surface area contributed by atoms with Crippen molar-refractivity contribution in [2.45, 2.75) is 18.4 Å². The molecule has 0 spiro atoms. The van der Waals surface area contributed by atoms with Crippen molar-refractivity contribution >= 4 is 45.9 Å². The molecule has 0 bridgehead atoms. The second-order valence-corrected chi connectivity index (χ2v) is 5.96. The van der Waals surface area contributed by atoms with Crippen molar-refractivity contribution in [1.29, 1.82) is 0 Å². The van der Waals surface area contributed by atoms with Gasteiger partial charge in [-0.15, -0.1) is 24.0 Å². The number of hydrogen-bond donors (Lipinski definition) is 1. The summed E-state index contributed by atoms with van der Waals surface area (Å²) in [6.07, 6.45) is 1.10. The maximum Gasteiger partial charge on any atom is 0.191 e. The summed E-state index contributed by atoms with van der Waals surface area (Å²) in [5.41, 5.74) is 7.42. The van der Waals surface area contributed by atoms with Crippen LogP contribution in [0.15, 0.2) is 33.7 Å². The molecule has 0 unspecified atom stereocenters. The SMILES string of the molecule is I.NC(=N[C@@H]1C[C@H]1c1ccc(Br)cc1)N1CCOCC1. The van der Waals surface area contributed by atoms with Gasteiger partial charge in [-0.1, -0.05) is 28.1 Å². The fourth-order valence-corrected chi connectivity index (χ4v) is 2.70. The lowest BCUT2D eigenvalue weighted by atomic mass is 10.1. The van der Waals surface area contributed by atoms with E-state index in [0.29, 0.717) is 17.9 Å². The monoisotopic (exact) mass is 451 g/mol. The lowest BCUT2D eigenvalue weighted by Crippen LogP contribution is -2.45. The van der Waals surface area contributed by atoms with Crippen LogP contribution >= 0.6 is 39.9 Å². The number of benzene rings is 1. The molecule has 1 aliphatic carbocycles. The standard InChI is InChI=1S/C14H18BrN3O.HI/c15-11-3-1-10(2-4-11)12-9-13(12)17-14(16)18-5-7-19-8-6-18;/h1-4,12-13H,5-9H2,(H2,16,17);1H/t12-,13+;/m0./s1. The third kappa shape index (κ3) is 3.85. The van der Waals surface area contributed by atoms with Crippen molar-refractivity contribution in [2.75, 3.05) is 26.3 Å². The Morgan fingerprint density at radius 2 is 1.90 bits per heavy atom. The van der Waals surface area contributed by atoms with Crippen LogP contribution in [0.25, 0.3) is 0 Å². The lowest BCUT2D eigenvalue weighted by Gasteiger charge is -2.27. The zero-order chi connectivity index (χ0) is 13.2. The first kappa shape index (κ1) is 16.0. The van der Waals surface area contributed by atoms with Gasteiger partial charge >= 0.3 is 0 Å². The number of hydrogen-bond acceptors (Lipinski definition) is 2. The van der Waals surface area contributed by atoms with E-state index in [9.17, 15) is 0 Å². The number of nitrogens with zero attached hydrogens (tertiary/aromatic N) is 2. The van der Waals surface area contributed by atoms with Gasteiger partial charge in [0.15, 0.2) is 5.96 Å². The molecule has 2 atom stereocenters. The van der Waals surface area contributed by atoms with E-state index in [4.69, 9.17) is 10.5 Å². The average molecular weight is 452 g/mol. The highest BCUT2D eigenvalue weighted by atomic mass is 127. The van der Waals surface area contributed by atoms with Crippen LogP contribution in [0.3, 0.4) is 0 Å². The topological polar surface area (TPSA) is 50.8 Å². The largest absolute Gasteiger partial charge is 0.378 e. The summed E-state index contributed by atoms with van der Waals surface area (Å²) in [7, 11) is 0. The minimum atomic E-state index is 0. The minimum absolute atomic E-state index is 0. The Labute approximate surface area is 144 Å². The van der Waals surface area contributed by atoms with E-state index in [1.807, 2.05) is 0 Å². The van der Waals surface area contributed by atoms with E-state index in [0.717, 1.165) is 37.2 Å². The molecule has 2 fully saturated rings. The van der Waals surface area contributed by atoms with Crippen molar-refractivity contribution in [3.05, 3.63) is 34.3 Å². The average Bonchev–Trinajstić information content (AvgIpc) is 3.20. The van der Waals surface area contributed by atoms with Gasteiger partial charge in [0.05, 0.1) is 19.3 Å². The summed E-state index contributed by atoms with van der Waals surface area (Å²) in [5, 5.41) is 0. The first-order valence-corrected chi connectivity index (χ1v) is 7.45. The van der Waals surface area contributed by atoms with E-state index >= 15 is 0 Å². The molecule has 4 nitrogen and oxygen atoms in total. The molecule has 0 radical (unpaired) electrons. The molecule has 2 N–H and O–H groups in total. The van der Waals surface area contributed by atoms with Crippen LogP contribution in [0.4, 0.5) is 0 Å². The number of nitrogens with two attached hydrogens (primary N) is 1. The van der Waals surface area contributed by atoms with Gasteiger partial charge in [0.1, 0.15) is 0 Å². The molecule has 6 heteroatoms. The molecule has 1 saturated carbocycles. The van der Waals surface area contributed by atoms with Gasteiger partial charge in [0, 0.05) is 23.5 Å². The van der Waals surface area contributed by atoms with Crippen molar-refractivity contribution in [3.8, 4) is 0 Å². The summed E-state index contributed by atoms with van der Waals surface area (Å²) in [6.45, 7) is 3.20. The molecule has 3 rings (SSSR count). The summed E-state index contributed by atoms with van der Waals surface area (Å²) in [4.78, 5) is 6.76. The third-order valence-electron chi connectivity index (χ3n) is 3.69. The third-order valence-corrected chi connectivity index (χ3v) is 4.22. The van der Waals surface area contributed by atoms with Crippen LogP contribution < -0.4 is 5.73 Å². The summed E-state index contributed by atoms with van der Waals surface area (Å²) < 4.78 is 6.43. The predicted molar refractivity (Wildman–Crippen MR) is 94.7 cm³/mol. The highest BCUT2D eigenvalue weighted by Gasteiger charge is 2.38. The molecule has 20 heavy (non-hydrogen) atoms. The molecular formula is C14H19BrIN3O. The van der Waals surface area contributed by atoms with Crippen LogP contribution in [0, 0.1) is 0 Å². The van der Waals surface area contributed by atoms with Crippen molar-refractivity contribution in [1.82, 2.24) is 4.90 Å². The Bertz CT molecular complexity index is 474. The zero-order valence-corrected chi connectivity index (χ0v) is 15.1. The summed E-state index contributed by atoms with van der Waals surface area (Å²) >= 11 is 3.46. The van der Waals surface area contributed by atoms with E-state index < -0.39 is 0 Å². The van der Waals surface area contributed by atoms with E-state index in [1.54, 1.807) is 0 Å². The first-order valence-electron chi connectivity index (χ1n) is 6.65. The normalized spacial score (nSPS) is 26.1. The molecule has 1 saturated heterocycles. The van der Waals surface area contributed by atoms with Crippen molar-refractivity contribution in [3.63, 3.8) is 0 Å². The molecule has 1 heterocycles. The molecule has 1 aromatic rings.